The second-order valence-electron chi connectivity index (χ2n) is 6.02. The topological polar surface area (TPSA) is 49.4 Å². The lowest BCUT2D eigenvalue weighted by molar-refractivity contribution is 0.109. The SMILES string of the molecule is CNCC1(CN2CCS(=O)(=O)CC2)CCCCC1. The summed E-state index contributed by atoms with van der Waals surface area (Å²) in [6.45, 7) is 3.60. The molecular formula is C13H26N2O2S. The molecule has 2 fully saturated rings. The third-order valence-electron chi connectivity index (χ3n) is 4.46. The van der Waals surface area contributed by atoms with E-state index in [1.165, 1.54) is 32.1 Å². The molecule has 18 heavy (non-hydrogen) atoms. The Hall–Kier alpha value is -0.130. The molecule has 0 aromatic carbocycles. The summed E-state index contributed by atoms with van der Waals surface area (Å²) >= 11 is 0. The fourth-order valence-electron chi connectivity index (χ4n) is 3.45. The minimum absolute atomic E-state index is 0.350. The van der Waals surface area contributed by atoms with Gasteiger partial charge in [-0.05, 0) is 25.3 Å². The van der Waals surface area contributed by atoms with E-state index in [1.54, 1.807) is 0 Å². The van der Waals surface area contributed by atoms with E-state index in [1.807, 2.05) is 7.05 Å². The molecule has 0 unspecified atom stereocenters. The Balaban J connectivity index is 1.93. The summed E-state index contributed by atoms with van der Waals surface area (Å²) in [4.78, 5) is 2.36. The van der Waals surface area contributed by atoms with Gasteiger partial charge in [0, 0.05) is 26.2 Å². The van der Waals surface area contributed by atoms with Crippen molar-refractivity contribution in [2.45, 2.75) is 32.1 Å². The standard InChI is InChI=1S/C13H26N2O2S/c1-14-11-13(5-3-2-4-6-13)12-15-7-9-18(16,17)10-8-15/h14H,2-12H2,1H3. The Bertz CT molecular complexity index is 342. The van der Waals surface area contributed by atoms with E-state index in [9.17, 15) is 8.42 Å². The van der Waals surface area contributed by atoms with Crippen molar-refractivity contribution in [3.05, 3.63) is 0 Å². The number of hydrogen-bond donors (Lipinski definition) is 1. The lowest BCUT2D eigenvalue weighted by Crippen LogP contribution is -2.49. The smallest absolute Gasteiger partial charge is 0.152 e. The third-order valence-corrected chi connectivity index (χ3v) is 6.07. The third kappa shape index (κ3) is 3.68. The highest BCUT2D eigenvalue weighted by Crippen LogP contribution is 2.36. The highest BCUT2D eigenvalue weighted by Gasteiger charge is 2.34. The molecule has 1 saturated heterocycles. The monoisotopic (exact) mass is 274 g/mol. The quantitative estimate of drug-likeness (QED) is 0.827. The molecule has 2 aliphatic rings. The molecule has 1 saturated carbocycles. The fourth-order valence-corrected chi connectivity index (χ4v) is 4.73. The first-order chi connectivity index (χ1) is 8.55. The lowest BCUT2D eigenvalue weighted by atomic mass is 9.73. The van der Waals surface area contributed by atoms with Gasteiger partial charge in [-0.2, -0.15) is 0 Å². The zero-order valence-corrected chi connectivity index (χ0v) is 12.3. The van der Waals surface area contributed by atoms with E-state index in [-0.39, 0.29) is 0 Å². The van der Waals surface area contributed by atoms with Crippen LogP contribution in [0.2, 0.25) is 0 Å². The van der Waals surface area contributed by atoms with Crippen LogP contribution in [0.4, 0.5) is 0 Å². The molecule has 1 heterocycles. The van der Waals surface area contributed by atoms with Crippen LogP contribution in [-0.2, 0) is 9.84 Å². The molecule has 106 valence electrons. The van der Waals surface area contributed by atoms with Gasteiger partial charge in [0.05, 0.1) is 11.5 Å². The number of sulfone groups is 1. The van der Waals surface area contributed by atoms with Crippen molar-refractivity contribution in [1.29, 1.82) is 0 Å². The molecule has 0 amide bonds. The highest BCUT2D eigenvalue weighted by atomic mass is 32.2. The average Bonchev–Trinajstić information content (AvgIpc) is 2.34. The van der Waals surface area contributed by atoms with Crippen molar-refractivity contribution < 1.29 is 8.42 Å². The Morgan fingerprint density at radius 1 is 1.11 bits per heavy atom. The first kappa shape index (κ1) is 14.3. The second-order valence-corrected chi connectivity index (χ2v) is 8.32. The number of nitrogens with one attached hydrogen (secondary N) is 1. The summed E-state index contributed by atoms with van der Waals surface area (Å²) in [6, 6.07) is 0. The first-order valence-corrected chi connectivity index (χ1v) is 8.95. The maximum Gasteiger partial charge on any atom is 0.152 e. The van der Waals surface area contributed by atoms with Gasteiger partial charge < -0.3 is 10.2 Å². The number of rotatable bonds is 4. The molecule has 0 spiro atoms. The van der Waals surface area contributed by atoms with Gasteiger partial charge in [-0.3, -0.25) is 0 Å². The molecule has 5 heteroatoms. The first-order valence-electron chi connectivity index (χ1n) is 7.13. The van der Waals surface area contributed by atoms with Crippen LogP contribution >= 0.6 is 0 Å². The van der Waals surface area contributed by atoms with Crippen LogP contribution in [0.25, 0.3) is 0 Å². The Morgan fingerprint density at radius 3 is 2.28 bits per heavy atom. The van der Waals surface area contributed by atoms with Gasteiger partial charge >= 0.3 is 0 Å². The Labute approximate surface area is 111 Å². The van der Waals surface area contributed by atoms with E-state index in [2.05, 4.69) is 10.2 Å². The summed E-state index contributed by atoms with van der Waals surface area (Å²) in [5.41, 5.74) is 0.383. The van der Waals surface area contributed by atoms with Gasteiger partial charge in [-0.1, -0.05) is 19.3 Å². The zero-order chi connectivity index (χ0) is 13.1. The van der Waals surface area contributed by atoms with Crippen molar-refractivity contribution in [1.82, 2.24) is 10.2 Å². The normalized spacial score (nSPS) is 28.1. The van der Waals surface area contributed by atoms with Crippen LogP contribution in [0, 0.1) is 5.41 Å². The molecule has 0 aromatic rings. The molecule has 0 bridgehead atoms. The maximum absolute atomic E-state index is 11.5. The van der Waals surface area contributed by atoms with E-state index in [4.69, 9.17) is 0 Å². The molecule has 4 nitrogen and oxygen atoms in total. The second kappa shape index (κ2) is 5.88. The largest absolute Gasteiger partial charge is 0.319 e. The van der Waals surface area contributed by atoms with Crippen molar-refractivity contribution in [3.8, 4) is 0 Å². The minimum atomic E-state index is -2.75. The van der Waals surface area contributed by atoms with Crippen LogP contribution in [0.15, 0.2) is 0 Å². The van der Waals surface area contributed by atoms with Crippen molar-refractivity contribution >= 4 is 9.84 Å². The maximum atomic E-state index is 11.5. The van der Waals surface area contributed by atoms with Gasteiger partial charge in [0.2, 0.25) is 0 Å². The van der Waals surface area contributed by atoms with Crippen LogP contribution in [0.1, 0.15) is 32.1 Å². The molecule has 2 rings (SSSR count). The average molecular weight is 274 g/mol. The van der Waals surface area contributed by atoms with Crippen molar-refractivity contribution in [3.63, 3.8) is 0 Å². The number of hydrogen-bond acceptors (Lipinski definition) is 4. The van der Waals surface area contributed by atoms with E-state index in [0.29, 0.717) is 16.9 Å². The van der Waals surface area contributed by atoms with Gasteiger partial charge in [-0.25, -0.2) is 8.42 Å². The van der Waals surface area contributed by atoms with Crippen LogP contribution < -0.4 is 5.32 Å². The molecule has 1 aliphatic carbocycles. The summed E-state index contributed by atoms with van der Waals surface area (Å²) in [7, 11) is -0.721. The molecular weight excluding hydrogens is 248 g/mol. The number of nitrogens with zero attached hydrogens (tertiary/aromatic N) is 1. The Kier molecular flexibility index (Phi) is 4.67. The lowest BCUT2D eigenvalue weighted by Gasteiger charge is -2.42. The molecule has 0 aromatic heterocycles. The summed E-state index contributed by atoms with van der Waals surface area (Å²) in [5.74, 6) is 0.700. The molecule has 0 atom stereocenters. The molecule has 1 aliphatic heterocycles. The van der Waals surface area contributed by atoms with Gasteiger partial charge in [0.15, 0.2) is 9.84 Å². The van der Waals surface area contributed by atoms with Crippen molar-refractivity contribution in [2.75, 3.05) is 44.7 Å². The van der Waals surface area contributed by atoms with Gasteiger partial charge in [-0.15, -0.1) is 0 Å². The summed E-state index contributed by atoms with van der Waals surface area (Å²) in [6.07, 6.45) is 6.59. The highest BCUT2D eigenvalue weighted by molar-refractivity contribution is 7.91. The van der Waals surface area contributed by atoms with Gasteiger partial charge in [0.1, 0.15) is 0 Å². The van der Waals surface area contributed by atoms with E-state index in [0.717, 1.165) is 26.2 Å². The van der Waals surface area contributed by atoms with E-state index < -0.39 is 9.84 Å². The predicted octanol–water partition coefficient (Wildman–Crippen LogP) is 0.887. The van der Waals surface area contributed by atoms with Crippen LogP contribution in [0.5, 0.6) is 0 Å². The van der Waals surface area contributed by atoms with E-state index >= 15 is 0 Å². The minimum Gasteiger partial charge on any atom is -0.319 e. The fraction of sp³-hybridized carbons (Fsp3) is 1.00. The van der Waals surface area contributed by atoms with Crippen molar-refractivity contribution in [2.24, 2.45) is 5.41 Å². The molecule has 1 N–H and O–H groups in total. The van der Waals surface area contributed by atoms with Crippen LogP contribution in [-0.4, -0.2) is 58.1 Å². The zero-order valence-electron chi connectivity index (χ0n) is 11.5. The van der Waals surface area contributed by atoms with Crippen LogP contribution in [0.3, 0.4) is 0 Å². The van der Waals surface area contributed by atoms with Gasteiger partial charge in [0.25, 0.3) is 0 Å². The molecule has 0 radical (unpaired) electrons. The predicted molar refractivity (Wildman–Crippen MR) is 74.5 cm³/mol. The Morgan fingerprint density at radius 2 is 1.72 bits per heavy atom. The summed E-state index contributed by atoms with van der Waals surface area (Å²) < 4.78 is 22.9. The summed E-state index contributed by atoms with van der Waals surface area (Å²) in [5, 5.41) is 3.34.